The van der Waals surface area contributed by atoms with Gasteiger partial charge in [0.15, 0.2) is 0 Å². The van der Waals surface area contributed by atoms with Gasteiger partial charge in [-0.15, -0.1) is 23.1 Å². The number of amides is 4. The molecule has 8 rings (SSSR count). The SMILES string of the molecule is CCn1c(-c2cccnc2[C@H](C)OC)c2c3cc(ccc31)-c1csc(n1)C[C@@]1(CS[C@H]1NC(=O)[C@H](C(C)C)N(C)C(=O)N1CCOC(C)C1)C(=O)N1CCC[C@H](N1)C(=O)OCC(C)(C)C2. The van der Waals surface area contributed by atoms with Crippen molar-refractivity contribution in [1.29, 1.82) is 0 Å². The number of nitrogens with one attached hydrogen (secondary N) is 2. The lowest BCUT2D eigenvalue weighted by molar-refractivity contribution is -0.157. The summed E-state index contributed by atoms with van der Waals surface area (Å²) in [6.45, 7) is 16.8. The summed E-state index contributed by atoms with van der Waals surface area (Å²) in [5.41, 5.74) is 8.54. The number of nitrogens with zero attached hydrogens (tertiary/aromatic N) is 6. The zero-order valence-electron chi connectivity index (χ0n) is 39.1. The molecule has 2 N–H and O–H groups in total. The Balaban J connectivity index is 1.18. The van der Waals surface area contributed by atoms with Gasteiger partial charge in [-0.2, -0.15) is 0 Å². The molecule has 3 saturated heterocycles. The summed E-state index contributed by atoms with van der Waals surface area (Å²) in [4.78, 5) is 70.6. The number of methoxy groups -OCH3 is 1. The van der Waals surface area contributed by atoms with Crippen LogP contribution in [-0.2, 0) is 48.0 Å². The monoisotopic (exact) mass is 928 g/mol. The van der Waals surface area contributed by atoms with Crippen molar-refractivity contribution in [3.8, 4) is 22.5 Å². The summed E-state index contributed by atoms with van der Waals surface area (Å²) >= 11 is 3.00. The van der Waals surface area contributed by atoms with E-state index in [-0.39, 0.29) is 49.0 Å². The minimum atomic E-state index is -1.09. The molecular formula is C48H64N8O7S2. The van der Waals surface area contributed by atoms with Crippen molar-refractivity contribution in [2.45, 2.75) is 110 Å². The number of morpholine rings is 1. The third-order valence-corrected chi connectivity index (χ3v) is 15.9. The zero-order chi connectivity index (χ0) is 46.4. The lowest BCUT2D eigenvalue weighted by atomic mass is 9.82. The van der Waals surface area contributed by atoms with Crippen molar-refractivity contribution in [2.24, 2.45) is 16.7 Å². The second-order valence-corrected chi connectivity index (χ2v) is 21.3. The van der Waals surface area contributed by atoms with Gasteiger partial charge in [0.25, 0.3) is 0 Å². The average Bonchev–Trinajstić information content (AvgIpc) is 3.89. The van der Waals surface area contributed by atoms with Crippen LogP contribution in [0.25, 0.3) is 33.4 Å². The Kier molecular flexibility index (Phi) is 13.7. The molecule has 1 spiro atoms. The summed E-state index contributed by atoms with van der Waals surface area (Å²) in [7, 11) is 3.37. The molecule has 6 atom stereocenters. The van der Waals surface area contributed by atoms with E-state index in [0.717, 1.165) is 49.7 Å². The van der Waals surface area contributed by atoms with E-state index in [9.17, 15) is 14.4 Å². The minimum absolute atomic E-state index is 0.0993. The Bertz CT molecular complexity index is 2440. The van der Waals surface area contributed by atoms with Gasteiger partial charge < -0.3 is 33.9 Å². The number of hydrogen-bond acceptors (Lipinski definition) is 12. The molecule has 1 unspecified atom stereocenters. The Morgan fingerprint density at radius 3 is 2.65 bits per heavy atom. The van der Waals surface area contributed by atoms with Crippen LogP contribution in [0.2, 0.25) is 0 Å². The second-order valence-electron chi connectivity index (χ2n) is 19.2. The maximum atomic E-state index is 15.1. The van der Waals surface area contributed by atoms with Crippen LogP contribution in [0.3, 0.4) is 0 Å². The smallest absolute Gasteiger partial charge is 0.324 e. The minimum Gasteiger partial charge on any atom is -0.464 e. The number of thiazole rings is 1. The normalized spacial score (nSPS) is 24.6. The Labute approximate surface area is 390 Å². The molecule has 4 amide bonds. The molecule has 1 aromatic carbocycles. The third kappa shape index (κ3) is 9.15. The number of carbonyl (C=O) groups is 4. The van der Waals surface area contributed by atoms with Gasteiger partial charge in [0.05, 0.1) is 58.3 Å². The molecule has 17 heteroatoms. The van der Waals surface area contributed by atoms with Gasteiger partial charge in [0.2, 0.25) is 11.8 Å². The van der Waals surface area contributed by atoms with Crippen LogP contribution < -0.4 is 10.7 Å². The van der Waals surface area contributed by atoms with Crippen LogP contribution >= 0.6 is 23.1 Å². The van der Waals surface area contributed by atoms with E-state index in [4.69, 9.17) is 24.2 Å². The molecule has 4 aliphatic heterocycles. The first-order chi connectivity index (χ1) is 31.0. The summed E-state index contributed by atoms with van der Waals surface area (Å²) in [5.74, 6) is -0.723. The maximum absolute atomic E-state index is 15.1. The molecule has 7 heterocycles. The van der Waals surface area contributed by atoms with Crippen LogP contribution in [0.5, 0.6) is 0 Å². The number of ether oxygens (including phenoxy) is 3. The van der Waals surface area contributed by atoms with Crippen molar-refractivity contribution in [3.05, 3.63) is 58.2 Å². The Hall–Kier alpha value is -4.55. The van der Waals surface area contributed by atoms with E-state index in [0.29, 0.717) is 57.8 Å². The second kappa shape index (κ2) is 19.0. The highest BCUT2D eigenvalue weighted by Gasteiger charge is 2.57. The number of fused-ring (bicyclic) bond motifs is 6. The van der Waals surface area contributed by atoms with E-state index >= 15 is 4.79 Å². The van der Waals surface area contributed by atoms with Gasteiger partial charge in [-0.1, -0.05) is 33.8 Å². The fourth-order valence-electron chi connectivity index (χ4n) is 9.93. The molecular weight excluding hydrogens is 865 g/mol. The standard InChI is InChI=1S/C48H64N8O7S2/c1-10-55-37-16-15-31-21-33(37)34(41(55)32-13-11-17-49-39(32)30(5)61-9)22-47(6,7)26-63-43(58)35-14-12-18-56(52-35)45(59)48(23-38-50-36(31)25-64-38)27-65-44(48)51-42(57)40(28(2)3)53(8)46(60)54-19-20-62-29(4)24-54/h11,13,15-17,21,25,28-30,35,40,44,52H,10,12,14,18-20,22-24,26-27H2,1-9H3,(H,51,57)/t29?,30-,35-,40-,44+,48-/m0/s1. The largest absolute Gasteiger partial charge is 0.464 e. The van der Waals surface area contributed by atoms with Crippen LogP contribution in [0.1, 0.15) is 83.7 Å². The fraction of sp³-hybridized carbons (Fsp3) is 0.583. The number of likely N-dealkylation sites (N-methyl/N-ethyl adjacent to an activating group) is 1. The van der Waals surface area contributed by atoms with Crippen LogP contribution in [-0.4, -0.2) is 129 Å². The number of urea groups is 1. The summed E-state index contributed by atoms with van der Waals surface area (Å²) in [5, 5.41) is 8.07. The number of thioether (sulfide) groups is 1. The number of benzene rings is 1. The van der Waals surface area contributed by atoms with Crippen molar-refractivity contribution >= 4 is 57.8 Å². The van der Waals surface area contributed by atoms with Gasteiger partial charge >= 0.3 is 12.0 Å². The first-order valence-corrected chi connectivity index (χ1v) is 24.9. The van der Waals surface area contributed by atoms with Gasteiger partial charge in [-0.25, -0.2) is 15.2 Å². The molecule has 4 aliphatic rings. The maximum Gasteiger partial charge on any atom is 0.324 e. The lowest BCUT2D eigenvalue weighted by Crippen LogP contribution is -2.68. The topological polar surface area (TPSA) is 160 Å². The van der Waals surface area contributed by atoms with E-state index in [1.54, 1.807) is 30.3 Å². The number of hydrogen-bond donors (Lipinski definition) is 2. The number of aromatic nitrogens is 3. The Morgan fingerprint density at radius 2 is 1.94 bits per heavy atom. The molecule has 0 radical (unpaired) electrons. The summed E-state index contributed by atoms with van der Waals surface area (Å²) < 4.78 is 20.0. The van der Waals surface area contributed by atoms with Crippen LogP contribution in [0.4, 0.5) is 4.79 Å². The predicted molar refractivity (Wildman–Crippen MR) is 253 cm³/mol. The summed E-state index contributed by atoms with van der Waals surface area (Å²) in [6, 6.07) is 8.81. The number of carbonyl (C=O) groups excluding carboxylic acids is 4. The van der Waals surface area contributed by atoms with Crippen LogP contribution in [0.15, 0.2) is 41.9 Å². The molecule has 15 nitrogen and oxygen atoms in total. The molecule has 3 fully saturated rings. The van der Waals surface area contributed by atoms with E-state index < -0.39 is 34.3 Å². The average molecular weight is 929 g/mol. The number of aryl methyl sites for hydroxylation is 1. The Morgan fingerprint density at radius 1 is 1.14 bits per heavy atom. The molecule has 4 aromatic rings. The number of hydrazine groups is 1. The van der Waals surface area contributed by atoms with Crippen LogP contribution in [0, 0.1) is 16.7 Å². The van der Waals surface area contributed by atoms with Crippen molar-refractivity contribution in [3.63, 3.8) is 0 Å². The highest BCUT2D eigenvalue weighted by molar-refractivity contribution is 8.01. The van der Waals surface area contributed by atoms with Gasteiger partial charge in [0, 0.05) is 91.5 Å². The van der Waals surface area contributed by atoms with Gasteiger partial charge in [-0.05, 0) is 75.8 Å². The third-order valence-electron chi connectivity index (χ3n) is 13.4. The molecule has 65 heavy (non-hydrogen) atoms. The number of esters is 1. The number of cyclic esters (lactones) is 1. The number of pyridine rings is 1. The quantitative estimate of drug-likeness (QED) is 0.181. The molecule has 350 valence electrons. The fourth-order valence-corrected chi connectivity index (χ4v) is 12.2. The van der Waals surface area contributed by atoms with Crippen molar-refractivity contribution < 1.29 is 33.4 Å². The summed E-state index contributed by atoms with van der Waals surface area (Å²) in [6.07, 6.45) is 3.44. The highest BCUT2D eigenvalue weighted by atomic mass is 32.2. The van der Waals surface area contributed by atoms with Crippen molar-refractivity contribution in [1.82, 2.24) is 40.1 Å². The predicted octanol–water partition coefficient (Wildman–Crippen LogP) is 6.69. The van der Waals surface area contributed by atoms with Crippen molar-refractivity contribution in [2.75, 3.05) is 52.8 Å². The zero-order valence-corrected chi connectivity index (χ0v) is 40.8. The first kappa shape index (κ1) is 47.0. The lowest BCUT2D eigenvalue weighted by Gasteiger charge is -2.50. The molecule has 0 saturated carbocycles. The highest BCUT2D eigenvalue weighted by Crippen LogP contribution is 2.49. The van der Waals surface area contributed by atoms with Gasteiger partial charge in [-0.3, -0.25) is 24.4 Å². The number of rotatable bonds is 8. The van der Waals surface area contributed by atoms with E-state index in [1.807, 2.05) is 39.1 Å². The van der Waals surface area contributed by atoms with E-state index in [2.05, 4.69) is 60.3 Å². The molecule has 3 aromatic heterocycles. The van der Waals surface area contributed by atoms with E-state index in [1.165, 1.54) is 28.0 Å². The molecule has 6 bridgehead atoms. The van der Waals surface area contributed by atoms with Gasteiger partial charge in [0.1, 0.15) is 12.1 Å². The first-order valence-electron chi connectivity index (χ1n) is 22.9. The molecule has 0 aliphatic carbocycles.